The van der Waals surface area contributed by atoms with E-state index in [0.29, 0.717) is 30.6 Å². The van der Waals surface area contributed by atoms with Crippen LogP contribution in [-0.2, 0) is 57.5 Å². The van der Waals surface area contributed by atoms with E-state index in [9.17, 15) is 63.9 Å². The number of carbonyl (C=O) groups is 12. The Hall–Kier alpha value is -7.32. The van der Waals surface area contributed by atoms with Gasteiger partial charge in [0.15, 0.2) is 0 Å². The molecule has 24 nitrogen and oxygen atoms in total. The Bertz CT molecular complexity index is 3280. The van der Waals surface area contributed by atoms with Crippen molar-refractivity contribution in [3.05, 3.63) is 12.2 Å². The highest BCUT2D eigenvalue weighted by atomic mass is 19.4. The molecule has 0 aromatic rings. The Morgan fingerprint density at radius 2 is 1.25 bits per heavy atom. The second kappa shape index (κ2) is 36.2. The molecule has 12 amide bonds. The molecule has 4 saturated carbocycles. The first-order valence-corrected chi connectivity index (χ1v) is 37.9. The summed E-state index contributed by atoms with van der Waals surface area (Å²) in [5.41, 5.74) is -2.41. The number of alkyl halides is 10. The molecular formula is C74H112F10N12O12. The minimum absolute atomic E-state index is 0.0155. The summed E-state index contributed by atoms with van der Waals surface area (Å²) in [6, 6.07) is -12.7. The van der Waals surface area contributed by atoms with E-state index in [4.69, 9.17) is 0 Å². The van der Waals surface area contributed by atoms with E-state index in [1.54, 1.807) is 32.9 Å². The largest absolute Gasteiger partial charge is 0.397 e. The second-order valence-electron chi connectivity index (χ2n) is 32.8. The number of carbonyl (C=O) groups excluding carboxylic acids is 12. The Kier molecular flexibility index (Phi) is 29.5. The third kappa shape index (κ3) is 21.0. The van der Waals surface area contributed by atoms with Crippen molar-refractivity contribution in [2.75, 3.05) is 82.6 Å². The molecule has 12 atom stereocenters. The van der Waals surface area contributed by atoms with Gasteiger partial charge in [0.25, 0.3) is 0 Å². The molecule has 0 aromatic heterocycles. The van der Waals surface area contributed by atoms with Crippen molar-refractivity contribution in [3.63, 3.8) is 0 Å². The molecule has 2 saturated heterocycles. The monoisotopic (exact) mass is 1550 g/mol. The Labute approximate surface area is 626 Å². The zero-order valence-corrected chi connectivity index (χ0v) is 64.4. The number of amides is 12. The molecule has 108 heavy (non-hydrogen) atoms. The number of hydrogen-bond acceptors (Lipinski definition) is 12. The number of nitrogens with one attached hydrogen (secondary N) is 3. The van der Waals surface area contributed by atoms with E-state index in [2.05, 4.69) is 16.0 Å². The van der Waals surface area contributed by atoms with Crippen LogP contribution in [0.2, 0.25) is 0 Å². The summed E-state index contributed by atoms with van der Waals surface area (Å²) in [4.78, 5) is 189. The normalized spacial score (nSPS) is 32.5. The molecule has 3 aliphatic heterocycles. The first-order valence-electron chi connectivity index (χ1n) is 37.9. The lowest BCUT2D eigenvalue weighted by Crippen LogP contribution is -2.71. The van der Waals surface area contributed by atoms with Gasteiger partial charge in [-0.25, -0.2) is 17.6 Å². The van der Waals surface area contributed by atoms with Gasteiger partial charge < -0.3 is 60.0 Å². The molecule has 2 bridgehead atoms. The van der Waals surface area contributed by atoms with E-state index in [1.807, 2.05) is 13.8 Å². The molecule has 4 aliphatic carbocycles. The summed E-state index contributed by atoms with van der Waals surface area (Å²) >= 11 is 0. The standard InChI is InChI=1S/C74H112F10N12O12/c1-14-42(3)60-68(106)90(9)38-58(99)91(10)50-22-16-15-19-29-95(67(50)105)54(33-43-23-26-46(27-24-43)73(79,80)81)66(104)89(8)37-56(97)85-49(28-25-44-31-47(75)59(48(76)32-44)74(82,83)84)64(102)96-36-41(2)30-52(96)63(101)87-72(39-71(4,5)40-72)70(108)94(13)61(45-20-17-18-21-45)69(107)93(12)53(65(103)88(6)7)35-57(98)92(11)51(34-55(77)78)62(100)86-60/h15-16,41-55,59-61H,14,17-40H2,1-13H3,(H,85,97)(H,86,100)(H,87,101)/b16-15-/t41-,42-,43?,44?,46?,47?,48?,49-,50-,51-,52-,53-,54-,59?,60-,61-/m0/s1. The maximum atomic E-state index is 15.7. The fourth-order valence-electron chi connectivity index (χ4n) is 17.6. The van der Waals surface area contributed by atoms with Gasteiger partial charge in [-0.05, 0) is 138 Å². The average Bonchev–Trinajstić information content (AvgIpc) is 0.969. The molecule has 6 fully saturated rings. The third-order valence-electron chi connectivity index (χ3n) is 23.8. The zero-order valence-electron chi connectivity index (χ0n) is 64.4. The predicted octanol–water partition coefficient (Wildman–Crippen LogP) is 6.83. The number of fused-ring (bicyclic) bond motifs is 3. The molecule has 610 valence electrons. The summed E-state index contributed by atoms with van der Waals surface area (Å²) in [6.45, 7) is 6.57. The van der Waals surface area contributed by atoms with Gasteiger partial charge >= 0.3 is 12.4 Å². The third-order valence-corrected chi connectivity index (χ3v) is 23.8. The van der Waals surface area contributed by atoms with Crippen LogP contribution in [0.4, 0.5) is 43.9 Å². The van der Waals surface area contributed by atoms with Gasteiger partial charge in [0.1, 0.15) is 72.1 Å². The van der Waals surface area contributed by atoms with Crippen LogP contribution in [0.25, 0.3) is 0 Å². The van der Waals surface area contributed by atoms with Crippen LogP contribution in [0.15, 0.2) is 12.2 Å². The highest BCUT2D eigenvalue weighted by molar-refractivity contribution is 6.01. The first-order chi connectivity index (χ1) is 50.2. The minimum atomic E-state index is -5.22. The lowest BCUT2D eigenvalue weighted by molar-refractivity contribution is -0.219. The molecule has 0 radical (unpaired) electrons. The van der Waals surface area contributed by atoms with Crippen LogP contribution < -0.4 is 16.0 Å². The SMILES string of the molecule is CC[C@H](C)[C@@H]1NC(=O)[C@H](CC(F)F)N(C)C(=O)C[C@@H](C(=O)N(C)C)N(C)C(=O)[C@H](C2CCCC2)N(C)C(=O)C2(CC(C)(C)C2)NC(=O)[C@@H]2C[C@H](C)CN2C(=O)[C@H](CCC2CC(F)C(C(F)(F)F)C(F)C2)NC(=O)CN(C)C(=O)[C@H](CC2CCC(C(F)(F)F)CC2)N2CC/C=C\C[C@@H](C2=O)N(C)C(=O)CN(C)C1=O. The average molecular weight is 1550 g/mol. The van der Waals surface area contributed by atoms with Gasteiger partial charge in [0, 0.05) is 75.9 Å². The van der Waals surface area contributed by atoms with Gasteiger partial charge in [-0.15, -0.1) is 0 Å². The van der Waals surface area contributed by atoms with Gasteiger partial charge in [-0.3, -0.25) is 57.5 Å². The summed E-state index contributed by atoms with van der Waals surface area (Å²) < 4.78 is 145. The van der Waals surface area contributed by atoms with Crippen LogP contribution >= 0.6 is 0 Å². The van der Waals surface area contributed by atoms with Crippen LogP contribution in [0.5, 0.6) is 0 Å². The zero-order chi connectivity index (χ0) is 80.7. The van der Waals surface area contributed by atoms with Crippen molar-refractivity contribution in [1.29, 1.82) is 0 Å². The first kappa shape index (κ1) is 87.9. The topological polar surface area (TPSA) is 270 Å². The number of hydrogen-bond donors (Lipinski definition) is 3. The van der Waals surface area contributed by atoms with Crippen LogP contribution in [0, 0.1) is 46.8 Å². The number of likely N-dealkylation sites (N-methyl/N-ethyl adjacent to an activating group) is 7. The molecular weight excluding hydrogens is 1440 g/mol. The molecule has 34 heteroatoms. The van der Waals surface area contributed by atoms with Crippen LogP contribution in [0.1, 0.15) is 169 Å². The van der Waals surface area contributed by atoms with Crippen molar-refractivity contribution >= 4 is 70.9 Å². The van der Waals surface area contributed by atoms with Gasteiger partial charge in [0.2, 0.25) is 77.3 Å². The summed E-state index contributed by atoms with van der Waals surface area (Å²) in [5.74, 6) is -19.1. The molecule has 7 rings (SSSR count). The van der Waals surface area contributed by atoms with Gasteiger partial charge in [-0.2, -0.15) is 26.3 Å². The maximum Gasteiger partial charge on any atom is 0.397 e. The highest BCUT2D eigenvalue weighted by Gasteiger charge is 2.60. The number of nitrogens with zero attached hydrogens (tertiary/aromatic N) is 9. The smallest absolute Gasteiger partial charge is 0.347 e. The number of halogens is 10. The second-order valence-corrected chi connectivity index (χ2v) is 32.8. The van der Waals surface area contributed by atoms with Gasteiger partial charge in [0.05, 0.1) is 25.4 Å². The fraction of sp³-hybridized carbons (Fsp3) is 0.811. The van der Waals surface area contributed by atoms with Crippen molar-refractivity contribution in [1.82, 2.24) is 60.0 Å². The van der Waals surface area contributed by atoms with Crippen LogP contribution in [0.3, 0.4) is 0 Å². The molecule has 1 spiro atoms. The quantitative estimate of drug-likeness (QED) is 0.142. The number of rotatable bonds is 11. The Morgan fingerprint density at radius 3 is 1.81 bits per heavy atom. The van der Waals surface area contributed by atoms with E-state index in [1.165, 1.54) is 59.1 Å². The molecule has 3 heterocycles. The minimum Gasteiger partial charge on any atom is -0.347 e. The molecule has 2 unspecified atom stereocenters. The maximum absolute atomic E-state index is 15.7. The summed E-state index contributed by atoms with van der Waals surface area (Å²) in [7, 11) is 9.98. The Morgan fingerprint density at radius 1 is 0.648 bits per heavy atom. The molecule has 3 N–H and O–H groups in total. The lowest BCUT2D eigenvalue weighted by atomic mass is 9.58. The van der Waals surface area contributed by atoms with Gasteiger partial charge in [-0.1, -0.05) is 66.0 Å². The predicted molar refractivity (Wildman–Crippen MR) is 375 cm³/mol. The summed E-state index contributed by atoms with van der Waals surface area (Å²) in [6.07, 6.45) is -18.4. The molecule has 7 aliphatic rings. The highest BCUT2D eigenvalue weighted by Crippen LogP contribution is 2.50. The Balaban J connectivity index is 1.33. The van der Waals surface area contributed by atoms with Crippen molar-refractivity contribution in [2.45, 2.75) is 254 Å². The lowest BCUT2D eigenvalue weighted by Gasteiger charge is -2.54. The van der Waals surface area contributed by atoms with Crippen molar-refractivity contribution in [3.8, 4) is 0 Å². The van der Waals surface area contributed by atoms with Crippen molar-refractivity contribution < 1.29 is 101 Å². The van der Waals surface area contributed by atoms with E-state index >= 15 is 37.5 Å². The van der Waals surface area contributed by atoms with E-state index in [0.717, 1.165) is 36.4 Å². The van der Waals surface area contributed by atoms with E-state index in [-0.39, 0.29) is 90.1 Å². The fourth-order valence-corrected chi connectivity index (χ4v) is 17.6. The molecule has 0 aromatic carbocycles. The summed E-state index contributed by atoms with van der Waals surface area (Å²) in [5, 5.41) is 8.08. The van der Waals surface area contributed by atoms with E-state index < -0.39 is 248 Å². The van der Waals surface area contributed by atoms with Crippen molar-refractivity contribution in [2.24, 2.45) is 46.8 Å². The van der Waals surface area contributed by atoms with Crippen LogP contribution in [-0.4, -0.2) is 283 Å².